The maximum Gasteiger partial charge on any atom is 0.416 e. The number of alkyl halides is 3. The monoisotopic (exact) mass is 443 g/mol. The second-order valence-electron chi connectivity index (χ2n) is 6.75. The van der Waals surface area contributed by atoms with Gasteiger partial charge in [0, 0.05) is 31.1 Å². The molecule has 0 spiro atoms. The number of hydrogen-bond donors (Lipinski definition) is 3. The van der Waals surface area contributed by atoms with Crippen LogP contribution < -0.4 is 15.4 Å². The van der Waals surface area contributed by atoms with E-state index in [2.05, 4.69) is 20.6 Å². The van der Waals surface area contributed by atoms with Gasteiger partial charge in [0.2, 0.25) is 5.95 Å². The van der Waals surface area contributed by atoms with Gasteiger partial charge in [-0.3, -0.25) is 5.32 Å². The van der Waals surface area contributed by atoms with E-state index in [9.17, 15) is 18.0 Å². The van der Waals surface area contributed by atoms with E-state index >= 15 is 0 Å². The lowest BCUT2D eigenvalue weighted by Crippen LogP contribution is -2.08. The van der Waals surface area contributed by atoms with Crippen molar-refractivity contribution < 1.29 is 27.8 Å². The predicted molar refractivity (Wildman–Crippen MR) is 111 cm³/mol. The van der Waals surface area contributed by atoms with Crippen molar-refractivity contribution in [3.8, 4) is 11.5 Å². The molecule has 0 radical (unpaired) electrons. The number of nitrogens with one attached hydrogen (secondary N) is 2. The third-order valence-corrected chi connectivity index (χ3v) is 4.52. The summed E-state index contributed by atoms with van der Waals surface area (Å²) in [5.74, 6) is 1.40. The Morgan fingerprint density at radius 3 is 2.47 bits per heavy atom. The molecule has 164 valence electrons. The number of amides is 1. The number of halogens is 3. The normalized spacial score (nSPS) is 11.4. The van der Waals surface area contributed by atoms with Gasteiger partial charge in [-0.25, -0.2) is 14.8 Å². The fourth-order valence-corrected chi connectivity index (χ4v) is 3.02. The van der Waals surface area contributed by atoms with Crippen molar-refractivity contribution in [2.45, 2.75) is 6.18 Å². The largest absolute Gasteiger partial charge is 0.465 e. The Hall–Kier alpha value is -4.28. The highest BCUT2D eigenvalue weighted by atomic mass is 19.4. The number of nitrogens with zero attached hydrogens (tertiary/aromatic N) is 3. The number of benzene rings is 2. The lowest BCUT2D eigenvalue weighted by Gasteiger charge is -2.09. The third kappa shape index (κ3) is 4.56. The molecule has 0 fully saturated rings. The summed E-state index contributed by atoms with van der Waals surface area (Å²) >= 11 is 0. The number of aryl methyl sites for hydroxylation is 1. The smallest absolute Gasteiger partial charge is 0.416 e. The molecule has 32 heavy (non-hydrogen) atoms. The van der Waals surface area contributed by atoms with E-state index in [1.807, 2.05) is 0 Å². The lowest BCUT2D eigenvalue weighted by molar-refractivity contribution is -0.137. The summed E-state index contributed by atoms with van der Waals surface area (Å²) in [6, 6.07) is 12.9. The summed E-state index contributed by atoms with van der Waals surface area (Å²) < 4.78 is 45.8. The minimum Gasteiger partial charge on any atom is -0.465 e. The number of fused-ring (bicyclic) bond motifs is 1. The molecule has 0 aliphatic carbocycles. The van der Waals surface area contributed by atoms with E-state index in [4.69, 9.17) is 9.84 Å². The Kier molecular flexibility index (Phi) is 5.31. The van der Waals surface area contributed by atoms with Crippen LogP contribution in [0.4, 0.5) is 35.4 Å². The Labute approximate surface area is 179 Å². The molecule has 0 saturated heterocycles. The number of carbonyl (C=O) groups is 1. The molecule has 4 rings (SSSR count). The number of hydrogen-bond acceptors (Lipinski definition) is 5. The van der Waals surface area contributed by atoms with Gasteiger partial charge < -0.3 is 19.7 Å². The summed E-state index contributed by atoms with van der Waals surface area (Å²) in [5.41, 5.74) is 1.10. The standard InChI is InChI=1S/C21H16F3N5O3/c1-29-17-7-6-14(32-15-8-9-25-18(11-15)28-20(30)31)10-16(17)27-19(29)26-13-4-2-12(3-5-13)21(22,23)24/h2-11H,1H3,(H,25,28)(H,26,27)(H,30,31). The van der Waals surface area contributed by atoms with E-state index < -0.39 is 17.8 Å². The number of anilines is 3. The second-order valence-corrected chi connectivity index (χ2v) is 6.75. The average Bonchev–Trinajstić information content (AvgIpc) is 3.02. The molecule has 0 aliphatic rings. The van der Waals surface area contributed by atoms with Gasteiger partial charge in [-0.05, 0) is 42.5 Å². The summed E-state index contributed by atoms with van der Waals surface area (Å²) in [7, 11) is 1.77. The van der Waals surface area contributed by atoms with E-state index in [1.54, 1.807) is 35.9 Å². The maximum atomic E-state index is 12.7. The highest BCUT2D eigenvalue weighted by Crippen LogP contribution is 2.31. The Morgan fingerprint density at radius 1 is 1.06 bits per heavy atom. The summed E-state index contributed by atoms with van der Waals surface area (Å²) in [6.45, 7) is 0. The van der Waals surface area contributed by atoms with Gasteiger partial charge >= 0.3 is 12.3 Å². The predicted octanol–water partition coefficient (Wildman–Crippen LogP) is 5.61. The highest BCUT2D eigenvalue weighted by molar-refractivity contribution is 5.82. The number of carboxylic acid groups (broad SMARTS) is 1. The lowest BCUT2D eigenvalue weighted by atomic mass is 10.2. The first kappa shape index (κ1) is 21.0. The third-order valence-electron chi connectivity index (χ3n) is 4.52. The van der Waals surface area contributed by atoms with Crippen LogP contribution in [0.3, 0.4) is 0 Å². The van der Waals surface area contributed by atoms with Crippen molar-refractivity contribution in [1.82, 2.24) is 14.5 Å². The molecule has 0 aliphatic heterocycles. The van der Waals surface area contributed by atoms with Gasteiger partial charge in [-0.15, -0.1) is 0 Å². The number of aromatic nitrogens is 3. The number of ether oxygens (including phenoxy) is 1. The molecule has 2 aromatic heterocycles. The fourth-order valence-electron chi connectivity index (χ4n) is 3.02. The van der Waals surface area contributed by atoms with E-state index in [0.717, 1.165) is 17.6 Å². The molecule has 0 atom stereocenters. The minimum absolute atomic E-state index is 0.122. The molecule has 0 saturated carbocycles. The molecule has 0 unspecified atom stereocenters. The van der Waals surface area contributed by atoms with Crippen LogP contribution in [0.25, 0.3) is 11.0 Å². The molecular formula is C21H16F3N5O3. The molecule has 2 aromatic carbocycles. The van der Waals surface area contributed by atoms with Crippen LogP contribution in [-0.2, 0) is 13.2 Å². The van der Waals surface area contributed by atoms with Crippen molar-refractivity contribution in [1.29, 1.82) is 0 Å². The van der Waals surface area contributed by atoms with Gasteiger partial charge in [0.25, 0.3) is 0 Å². The number of imidazole rings is 1. The van der Waals surface area contributed by atoms with Crippen LogP contribution in [0.5, 0.6) is 11.5 Å². The first-order chi connectivity index (χ1) is 15.2. The first-order valence-electron chi connectivity index (χ1n) is 9.24. The zero-order chi connectivity index (χ0) is 22.9. The molecule has 2 heterocycles. The van der Waals surface area contributed by atoms with E-state index in [0.29, 0.717) is 28.7 Å². The average molecular weight is 443 g/mol. The van der Waals surface area contributed by atoms with Gasteiger partial charge in [0.1, 0.15) is 17.3 Å². The SMILES string of the molecule is Cn1c(Nc2ccc(C(F)(F)F)cc2)nc2cc(Oc3ccnc(NC(=O)O)c3)ccc21. The summed E-state index contributed by atoms with van der Waals surface area (Å²) in [5, 5.41) is 13.9. The van der Waals surface area contributed by atoms with Crippen molar-refractivity contribution >= 4 is 34.6 Å². The van der Waals surface area contributed by atoms with Gasteiger partial charge in [-0.1, -0.05) is 0 Å². The topological polar surface area (TPSA) is 101 Å². The van der Waals surface area contributed by atoms with Gasteiger partial charge in [0.15, 0.2) is 0 Å². The molecule has 1 amide bonds. The Bertz CT molecular complexity index is 1290. The highest BCUT2D eigenvalue weighted by Gasteiger charge is 2.30. The van der Waals surface area contributed by atoms with Crippen molar-refractivity contribution in [2.75, 3.05) is 10.6 Å². The molecule has 11 heteroatoms. The maximum absolute atomic E-state index is 12.7. The quantitative estimate of drug-likeness (QED) is 0.371. The van der Waals surface area contributed by atoms with Crippen LogP contribution >= 0.6 is 0 Å². The zero-order valence-electron chi connectivity index (χ0n) is 16.5. The minimum atomic E-state index is -4.40. The summed E-state index contributed by atoms with van der Waals surface area (Å²) in [4.78, 5) is 19.1. The number of pyridine rings is 1. The fraction of sp³-hybridized carbons (Fsp3) is 0.0952. The summed E-state index contributed by atoms with van der Waals surface area (Å²) in [6.07, 6.45) is -4.23. The molecule has 3 N–H and O–H groups in total. The molecule has 8 nitrogen and oxygen atoms in total. The van der Waals surface area contributed by atoms with Crippen LogP contribution in [-0.4, -0.2) is 25.7 Å². The molecule has 4 aromatic rings. The van der Waals surface area contributed by atoms with Crippen molar-refractivity contribution in [2.24, 2.45) is 7.05 Å². The van der Waals surface area contributed by atoms with Gasteiger partial charge in [-0.2, -0.15) is 13.2 Å². The van der Waals surface area contributed by atoms with Crippen LogP contribution in [0.15, 0.2) is 60.8 Å². The Morgan fingerprint density at radius 2 is 1.78 bits per heavy atom. The van der Waals surface area contributed by atoms with Crippen LogP contribution in [0.2, 0.25) is 0 Å². The van der Waals surface area contributed by atoms with Crippen molar-refractivity contribution in [3.05, 3.63) is 66.4 Å². The van der Waals surface area contributed by atoms with Gasteiger partial charge in [0.05, 0.1) is 16.6 Å². The van der Waals surface area contributed by atoms with E-state index in [1.165, 1.54) is 24.4 Å². The van der Waals surface area contributed by atoms with Crippen LogP contribution in [0, 0.1) is 0 Å². The second kappa shape index (κ2) is 8.10. The zero-order valence-corrected chi connectivity index (χ0v) is 16.5. The van der Waals surface area contributed by atoms with Crippen molar-refractivity contribution in [3.63, 3.8) is 0 Å². The molecular weight excluding hydrogens is 427 g/mol. The number of rotatable bonds is 5. The van der Waals surface area contributed by atoms with Crippen LogP contribution in [0.1, 0.15) is 5.56 Å². The Balaban J connectivity index is 1.55. The van der Waals surface area contributed by atoms with E-state index in [-0.39, 0.29) is 5.82 Å². The molecule has 0 bridgehead atoms. The first-order valence-corrected chi connectivity index (χ1v) is 9.24.